The molecule has 1 atom stereocenters. The van der Waals surface area contributed by atoms with Gasteiger partial charge in [0.15, 0.2) is 6.61 Å². The Balaban J connectivity index is 2.12. The minimum Gasteiger partial charge on any atom is -0.467 e. The predicted octanol–water partition coefficient (Wildman–Crippen LogP) is 2.27. The molecule has 22 heavy (non-hydrogen) atoms. The van der Waals surface area contributed by atoms with Crippen molar-refractivity contribution in [3.63, 3.8) is 0 Å². The molecule has 1 amide bonds. The lowest BCUT2D eigenvalue weighted by atomic mass is 10.2. The van der Waals surface area contributed by atoms with Gasteiger partial charge in [0.1, 0.15) is 5.56 Å². The molecule has 0 saturated carbocycles. The molecule has 1 saturated heterocycles. The average molecular weight is 318 g/mol. The highest BCUT2D eigenvalue weighted by Gasteiger charge is 2.31. The Morgan fingerprint density at radius 3 is 3.00 bits per heavy atom. The Labute approximate surface area is 126 Å². The number of hydrogen-bond donors (Lipinski definition) is 0. The molecule has 2 heterocycles. The maximum absolute atomic E-state index is 12.5. The number of morpholine rings is 1. The number of alkyl halides is 3. The van der Waals surface area contributed by atoms with E-state index in [4.69, 9.17) is 4.74 Å². The molecule has 0 radical (unpaired) electrons. The standard InChI is InChI=1S/C14H17F3N2O3/c1-2-10-8-19(6-7-21-10)13(20)11-4-3-5-18-12(11)22-9-14(15,16)17/h3-5,10H,2,6-9H2,1H3/t10-/m0/s1. The van der Waals surface area contributed by atoms with Crippen molar-refractivity contribution in [2.75, 3.05) is 26.3 Å². The molecule has 0 N–H and O–H groups in total. The number of pyridine rings is 1. The van der Waals surface area contributed by atoms with Gasteiger partial charge in [-0.25, -0.2) is 4.98 Å². The van der Waals surface area contributed by atoms with Crippen molar-refractivity contribution in [1.29, 1.82) is 0 Å². The highest BCUT2D eigenvalue weighted by molar-refractivity contribution is 5.96. The third kappa shape index (κ3) is 4.33. The fourth-order valence-corrected chi connectivity index (χ4v) is 2.14. The number of halogens is 3. The smallest absolute Gasteiger partial charge is 0.422 e. The van der Waals surface area contributed by atoms with E-state index in [1.807, 2.05) is 6.92 Å². The molecule has 1 aliphatic heterocycles. The van der Waals surface area contributed by atoms with Crippen LogP contribution in [0.4, 0.5) is 13.2 Å². The molecule has 0 bridgehead atoms. The van der Waals surface area contributed by atoms with Gasteiger partial charge in [0.05, 0.1) is 12.7 Å². The van der Waals surface area contributed by atoms with Crippen molar-refractivity contribution in [2.24, 2.45) is 0 Å². The monoisotopic (exact) mass is 318 g/mol. The van der Waals surface area contributed by atoms with Gasteiger partial charge in [-0.05, 0) is 18.6 Å². The first kappa shape index (κ1) is 16.5. The van der Waals surface area contributed by atoms with Gasteiger partial charge in [-0.15, -0.1) is 0 Å². The molecule has 1 fully saturated rings. The fraction of sp³-hybridized carbons (Fsp3) is 0.571. The van der Waals surface area contributed by atoms with Crippen LogP contribution in [0.2, 0.25) is 0 Å². The second kappa shape index (κ2) is 6.95. The number of aromatic nitrogens is 1. The van der Waals surface area contributed by atoms with Gasteiger partial charge >= 0.3 is 6.18 Å². The Kier molecular flexibility index (Phi) is 5.23. The summed E-state index contributed by atoms with van der Waals surface area (Å²) in [4.78, 5) is 17.8. The van der Waals surface area contributed by atoms with Crippen LogP contribution < -0.4 is 4.74 Å². The van der Waals surface area contributed by atoms with Gasteiger partial charge in [-0.1, -0.05) is 6.92 Å². The number of nitrogens with zero attached hydrogens (tertiary/aromatic N) is 2. The average Bonchev–Trinajstić information content (AvgIpc) is 2.52. The van der Waals surface area contributed by atoms with Crippen molar-refractivity contribution in [2.45, 2.75) is 25.6 Å². The highest BCUT2D eigenvalue weighted by Crippen LogP contribution is 2.22. The maximum atomic E-state index is 12.5. The van der Waals surface area contributed by atoms with Crippen LogP contribution in [0.3, 0.4) is 0 Å². The topological polar surface area (TPSA) is 51.7 Å². The minimum atomic E-state index is -4.48. The van der Waals surface area contributed by atoms with Gasteiger partial charge in [0.25, 0.3) is 5.91 Å². The maximum Gasteiger partial charge on any atom is 0.422 e. The zero-order chi connectivity index (χ0) is 16.2. The second-order valence-electron chi connectivity index (χ2n) is 4.91. The van der Waals surface area contributed by atoms with Crippen LogP contribution in [0.5, 0.6) is 5.88 Å². The second-order valence-corrected chi connectivity index (χ2v) is 4.91. The molecule has 2 rings (SSSR count). The number of carbonyl (C=O) groups excluding carboxylic acids is 1. The summed E-state index contributed by atoms with van der Waals surface area (Å²) in [6.07, 6.45) is -2.50. The lowest BCUT2D eigenvalue weighted by Crippen LogP contribution is -2.45. The Hall–Kier alpha value is -1.83. The first-order valence-electron chi connectivity index (χ1n) is 6.96. The normalized spacial score (nSPS) is 19.1. The number of carbonyl (C=O) groups is 1. The van der Waals surface area contributed by atoms with Gasteiger partial charge in [-0.2, -0.15) is 13.2 Å². The van der Waals surface area contributed by atoms with Gasteiger partial charge in [0, 0.05) is 19.3 Å². The zero-order valence-corrected chi connectivity index (χ0v) is 12.1. The molecule has 0 aromatic carbocycles. The van der Waals surface area contributed by atoms with Crippen LogP contribution in [0.1, 0.15) is 23.7 Å². The van der Waals surface area contributed by atoms with Crippen LogP contribution in [-0.2, 0) is 4.74 Å². The summed E-state index contributed by atoms with van der Waals surface area (Å²) < 4.78 is 46.9. The van der Waals surface area contributed by atoms with Gasteiger partial charge in [-0.3, -0.25) is 4.79 Å². The molecule has 8 heteroatoms. The summed E-state index contributed by atoms with van der Waals surface area (Å²) >= 11 is 0. The molecule has 0 spiro atoms. The lowest BCUT2D eigenvalue weighted by Gasteiger charge is -2.32. The Morgan fingerprint density at radius 1 is 1.55 bits per heavy atom. The van der Waals surface area contributed by atoms with Crippen LogP contribution >= 0.6 is 0 Å². The molecule has 0 aliphatic carbocycles. The van der Waals surface area contributed by atoms with E-state index in [0.717, 1.165) is 6.42 Å². The Morgan fingerprint density at radius 2 is 2.32 bits per heavy atom. The summed E-state index contributed by atoms with van der Waals surface area (Å²) in [5, 5.41) is 0. The number of ether oxygens (including phenoxy) is 2. The molecule has 1 aromatic heterocycles. The molecule has 1 aliphatic rings. The lowest BCUT2D eigenvalue weighted by molar-refractivity contribution is -0.154. The molecule has 5 nitrogen and oxygen atoms in total. The van der Waals surface area contributed by atoms with E-state index in [-0.39, 0.29) is 17.5 Å². The van der Waals surface area contributed by atoms with E-state index < -0.39 is 18.7 Å². The number of hydrogen-bond acceptors (Lipinski definition) is 4. The van der Waals surface area contributed by atoms with Crippen LogP contribution in [0, 0.1) is 0 Å². The third-order valence-corrected chi connectivity index (χ3v) is 3.26. The van der Waals surface area contributed by atoms with Crippen molar-refractivity contribution < 1.29 is 27.4 Å². The summed E-state index contributed by atoms with van der Waals surface area (Å²) in [5.41, 5.74) is 0.0310. The van der Waals surface area contributed by atoms with E-state index in [1.165, 1.54) is 18.3 Å². The first-order chi connectivity index (χ1) is 10.4. The SMILES string of the molecule is CC[C@H]1CN(C(=O)c2cccnc2OCC(F)(F)F)CCO1. The summed E-state index contributed by atoms with van der Waals surface area (Å²) in [6.45, 7) is 1.67. The van der Waals surface area contributed by atoms with Crippen molar-refractivity contribution in [1.82, 2.24) is 9.88 Å². The molecular formula is C14H17F3N2O3. The molecular weight excluding hydrogens is 301 g/mol. The van der Waals surface area contributed by atoms with Crippen molar-refractivity contribution in [3.05, 3.63) is 23.9 Å². The number of rotatable bonds is 4. The predicted molar refractivity (Wildman–Crippen MR) is 71.7 cm³/mol. The molecule has 1 aromatic rings. The third-order valence-electron chi connectivity index (χ3n) is 3.26. The van der Waals surface area contributed by atoms with Crippen LogP contribution in [-0.4, -0.2) is 54.4 Å². The minimum absolute atomic E-state index is 0.0310. The van der Waals surface area contributed by atoms with Crippen molar-refractivity contribution in [3.8, 4) is 5.88 Å². The zero-order valence-electron chi connectivity index (χ0n) is 12.1. The van der Waals surface area contributed by atoms with E-state index in [9.17, 15) is 18.0 Å². The van der Waals surface area contributed by atoms with Crippen LogP contribution in [0.15, 0.2) is 18.3 Å². The van der Waals surface area contributed by atoms with E-state index >= 15 is 0 Å². The first-order valence-corrected chi connectivity index (χ1v) is 6.96. The summed E-state index contributed by atoms with van der Waals surface area (Å²) in [7, 11) is 0. The van der Waals surface area contributed by atoms with Crippen LogP contribution in [0.25, 0.3) is 0 Å². The summed E-state index contributed by atoms with van der Waals surface area (Å²) in [5.74, 6) is -0.698. The van der Waals surface area contributed by atoms with E-state index in [2.05, 4.69) is 9.72 Å². The van der Waals surface area contributed by atoms with E-state index in [1.54, 1.807) is 4.90 Å². The van der Waals surface area contributed by atoms with E-state index in [0.29, 0.717) is 19.7 Å². The van der Waals surface area contributed by atoms with Gasteiger partial charge in [0.2, 0.25) is 5.88 Å². The summed E-state index contributed by atoms with van der Waals surface area (Å²) in [6, 6.07) is 2.91. The number of amides is 1. The fourth-order valence-electron chi connectivity index (χ4n) is 2.14. The van der Waals surface area contributed by atoms with Gasteiger partial charge < -0.3 is 14.4 Å². The highest BCUT2D eigenvalue weighted by atomic mass is 19.4. The quantitative estimate of drug-likeness (QED) is 0.854. The largest absolute Gasteiger partial charge is 0.467 e. The Bertz CT molecular complexity index is 522. The molecule has 122 valence electrons. The molecule has 0 unspecified atom stereocenters. The van der Waals surface area contributed by atoms with Crippen molar-refractivity contribution >= 4 is 5.91 Å².